The van der Waals surface area contributed by atoms with Crippen molar-refractivity contribution in [3.8, 4) is 5.75 Å². The minimum absolute atomic E-state index is 0.0150. The third-order valence-corrected chi connectivity index (χ3v) is 3.94. The fraction of sp³-hybridized carbons (Fsp3) is 0.105. The van der Waals surface area contributed by atoms with Crippen LogP contribution in [0.2, 0.25) is 0 Å². The highest BCUT2D eigenvalue weighted by atomic mass is 16.6. The van der Waals surface area contributed by atoms with E-state index in [4.69, 9.17) is 4.74 Å². The standard InChI is InChI=1S/C19H17N2O3/c1-20-12-11-14(17-5-3-4-6-18(17)20)7-8-15-9-10-16(21(22)23)13-19(15)24-2/h3-13H,1-2H3/q+1. The van der Waals surface area contributed by atoms with Crippen molar-refractivity contribution in [3.05, 3.63) is 76.0 Å². The van der Waals surface area contributed by atoms with Crippen molar-refractivity contribution >= 4 is 28.7 Å². The molecular weight excluding hydrogens is 304 g/mol. The quantitative estimate of drug-likeness (QED) is 0.418. The van der Waals surface area contributed by atoms with Crippen LogP contribution in [0.4, 0.5) is 5.69 Å². The highest BCUT2D eigenvalue weighted by Crippen LogP contribution is 2.27. The van der Waals surface area contributed by atoms with Gasteiger partial charge in [0.15, 0.2) is 6.20 Å². The van der Waals surface area contributed by atoms with Gasteiger partial charge in [-0.15, -0.1) is 0 Å². The SMILES string of the molecule is COc1cc([N+](=O)[O-])ccc1C=Cc1cc[n+](C)c2ccccc12. The maximum absolute atomic E-state index is 10.9. The Morgan fingerprint density at radius 2 is 1.83 bits per heavy atom. The summed E-state index contributed by atoms with van der Waals surface area (Å²) in [4.78, 5) is 10.4. The molecule has 0 spiro atoms. The van der Waals surface area contributed by atoms with Gasteiger partial charge in [-0.1, -0.05) is 24.3 Å². The Balaban J connectivity index is 2.03. The number of nitro groups is 1. The molecule has 3 aromatic rings. The Morgan fingerprint density at radius 3 is 2.58 bits per heavy atom. The molecule has 0 aliphatic rings. The summed E-state index contributed by atoms with van der Waals surface area (Å²) < 4.78 is 7.34. The molecule has 0 N–H and O–H groups in total. The Hall–Kier alpha value is -3.21. The van der Waals surface area contributed by atoms with Crippen LogP contribution in [0.3, 0.4) is 0 Å². The van der Waals surface area contributed by atoms with E-state index >= 15 is 0 Å². The number of aryl methyl sites for hydroxylation is 1. The molecule has 24 heavy (non-hydrogen) atoms. The zero-order valence-corrected chi connectivity index (χ0v) is 13.5. The lowest BCUT2D eigenvalue weighted by Gasteiger charge is -2.05. The van der Waals surface area contributed by atoms with Crippen LogP contribution in [-0.2, 0) is 7.05 Å². The summed E-state index contributed by atoms with van der Waals surface area (Å²) in [5.74, 6) is 0.478. The molecular formula is C19H17N2O3+. The zero-order chi connectivity index (χ0) is 17.1. The first-order valence-corrected chi connectivity index (χ1v) is 7.48. The molecule has 0 saturated carbocycles. The fourth-order valence-corrected chi connectivity index (χ4v) is 2.66. The molecule has 0 fully saturated rings. The monoisotopic (exact) mass is 321 g/mol. The first-order chi connectivity index (χ1) is 11.6. The van der Waals surface area contributed by atoms with Gasteiger partial charge in [-0.25, -0.2) is 4.57 Å². The summed E-state index contributed by atoms with van der Waals surface area (Å²) in [6.07, 6.45) is 5.91. The van der Waals surface area contributed by atoms with E-state index in [2.05, 4.69) is 16.7 Å². The predicted octanol–water partition coefficient (Wildman–Crippen LogP) is 3.75. The molecule has 0 radical (unpaired) electrons. The Morgan fingerprint density at radius 1 is 1.08 bits per heavy atom. The van der Waals surface area contributed by atoms with Gasteiger partial charge in [0.25, 0.3) is 5.69 Å². The van der Waals surface area contributed by atoms with E-state index in [0.717, 1.165) is 22.0 Å². The maximum atomic E-state index is 10.9. The van der Waals surface area contributed by atoms with Gasteiger partial charge in [-0.2, -0.15) is 0 Å². The predicted molar refractivity (Wildman–Crippen MR) is 93.7 cm³/mol. The second-order valence-electron chi connectivity index (χ2n) is 5.42. The van der Waals surface area contributed by atoms with E-state index in [1.807, 2.05) is 43.6 Å². The number of non-ortho nitro benzene ring substituents is 1. The first kappa shape index (κ1) is 15.7. The molecule has 0 atom stereocenters. The Kier molecular flexibility index (Phi) is 4.24. The number of benzene rings is 2. The largest absolute Gasteiger partial charge is 0.496 e. The van der Waals surface area contributed by atoms with Crippen LogP contribution in [0.1, 0.15) is 11.1 Å². The number of fused-ring (bicyclic) bond motifs is 1. The number of nitrogens with zero attached hydrogens (tertiary/aromatic N) is 2. The van der Waals surface area contributed by atoms with E-state index in [0.29, 0.717) is 5.75 Å². The van der Waals surface area contributed by atoms with Crippen molar-refractivity contribution in [2.24, 2.45) is 7.05 Å². The van der Waals surface area contributed by atoms with Crippen molar-refractivity contribution in [1.82, 2.24) is 0 Å². The molecule has 1 heterocycles. The summed E-state index contributed by atoms with van der Waals surface area (Å²) in [6.45, 7) is 0. The molecule has 0 bridgehead atoms. The van der Waals surface area contributed by atoms with Gasteiger partial charge in [0.1, 0.15) is 12.8 Å². The lowest BCUT2D eigenvalue weighted by molar-refractivity contribution is -0.644. The van der Waals surface area contributed by atoms with E-state index < -0.39 is 4.92 Å². The smallest absolute Gasteiger partial charge is 0.273 e. The third-order valence-electron chi connectivity index (χ3n) is 3.94. The van der Waals surface area contributed by atoms with Gasteiger partial charge in [0.2, 0.25) is 5.52 Å². The van der Waals surface area contributed by atoms with Gasteiger partial charge < -0.3 is 4.74 Å². The van der Waals surface area contributed by atoms with Crippen LogP contribution in [0.5, 0.6) is 5.75 Å². The Labute approximate surface area is 139 Å². The summed E-state index contributed by atoms with van der Waals surface area (Å²) in [7, 11) is 3.52. The van der Waals surface area contributed by atoms with Crippen LogP contribution in [-0.4, -0.2) is 12.0 Å². The molecule has 0 saturated heterocycles. The lowest BCUT2D eigenvalue weighted by Crippen LogP contribution is -2.28. The number of hydrogen-bond acceptors (Lipinski definition) is 3. The molecule has 0 aliphatic carbocycles. The third kappa shape index (κ3) is 2.96. The first-order valence-electron chi connectivity index (χ1n) is 7.48. The molecule has 5 nitrogen and oxygen atoms in total. The normalized spacial score (nSPS) is 11.1. The molecule has 5 heteroatoms. The topological polar surface area (TPSA) is 56.3 Å². The van der Waals surface area contributed by atoms with Crippen molar-refractivity contribution < 1.29 is 14.2 Å². The molecule has 0 unspecified atom stereocenters. The van der Waals surface area contributed by atoms with Gasteiger partial charge in [0, 0.05) is 23.8 Å². The van der Waals surface area contributed by atoms with Crippen LogP contribution in [0, 0.1) is 10.1 Å². The molecule has 0 aliphatic heterocycles. The summed E-state index contributed by atoms with van der Waals surface area (Å²) in [6, 6.07) is 14.8. The number of rotatable bonds is 4. The maximum Gasteiger partial charge on any atom is 0.273 e. The van der Waals surface area contributed by atoms with Gasteiger partial charge in [-0.05, 0) is 17.7 Å². The van der Waals surface area contributed by atoms with Crippen LogP contribution in [0.25, 0.3) is 23.1 Å². The number of aromatic nitrogens is 1. The minimum Gasteiger partial charge on any atom is -0.496 e. The minimum atomic E-state index is -0.430. The van der Waals surface area contributed by atoms with Gasteiger partial charge in [-0.3, -0.25) is 10.1 Å². The van der Waals surface area contributed by atoms with Gasteiger partial charge >= 0.3 is 0 Å². The van der Waals surface area contributed by atoms with Gasteiger partial charge in [0.05, 0.1) is 23.5 Å². The van der Waals surface area contributed by atoms with Crippen molar-refractivity contribution in [2.75, 3.05) is 7.11 Å². The molecule has 2 aromatic carbocycles. The number of pyridine rings is 1. The summed E-state index contributed by atoms with van der Waals surface area (Å²) in [5.41, 5.74) is 3.01. The van der Waals surface area contributed by atoms with Crippen LogP contribution in [0.15, 0.2) is 54.7 Å². The van der Waals surface area contributed by atoms with Crippen molar-refractivity contribution in [1.29, 1.82) is 0 Å². The number of nitro benzene ring substituents is 1. The number of para-hydroxylation sites is 1. The molecule has 120 valence electrons. The number of ether oxygens (including phenoxy) is 1. The lowest BCUT2D eigenvalue weighted by atomic mass is 10.1. The molecule has 1 aromatic heterocycles. The Bertz CT molecular complexity index is 948. The number of hydrogen-bond donors (Lipinski definition) is 0. The average Bonchev–Trinajstić information content (AvgIpc) is 2.61. The summed E-state index contributed by atoms with van der Waals surface area (Å²) >= 11 is 0. The average molecular weight is 321 g/mol. The van der Waals surface area contributed by atoms with Crippen molar-refractivity contribution in [3.63, 3.8) is 0 Å². The second-order valence-corrected chi connectivity index (χ2v) is 5.42. The highest BCUT2D eigenvalue weighted by molar-refractivity contribution is 5.89. The highest BCUT2D eigenvalue weighted by Gasteiger charge is 2.10. The van der Waals surface area contributed by atoms with Crippen molar-refractivity contribution in [2.45, 2.75) is 0 Å². The second kappa shape index (κ2) is 6.50. The fourth-order valence-electron chi connectivity index (χ4n) is 2.66. The number of methoxy groups -OCH3 is 1. The van der Waals surface area contributed by atoms with Crippen LogP contribution >= 0.6 is 0 Å². The summed E-state index contributed by atoms with van der Waals surface area (Å²) in [5, 5.41) is 12.0. The van der Waals surface area contributed by atoms with E-state index in [9.17, 15) is 10.1 Å². The molecule has 3 rings (SSSR count). The van der Waals surface area contributed by atoms with E-state index in [1.165, 1.54) is 19.2 Å². The van der Waals surface area contributed by atoms with E-state index in [1.54, 1.807) is 6.07 Å². The van der Waals surface area contributed by atoms with Crippen LogP contribution < -0.4 is 9.30 Å². The molecule has 0 amide bonds. The zero-order valence-electron chi connectivity index (χ0n) is 13.5. The van der Waals surface area contributed by atoms with E-state index in [-0.39, 0.29) is 5.69 Å².